The summed E-state index contributed by atoms with van der Waals surface area (Å²) in [6.07, 6.45) is 5.48. The van der Waals surface area contributed by atoms with Crippen LogP contribution in [0.4, 0.5) is 5.69 Å². The zero-order valence-electron chi connectivity index (χ0n) is 11.6. The largest absolute Gasteiger partial charge is 0.366 e. The number of piperazine rings is 1. The van der Waals surface area contributed by atoms with Gasteiger partial charge in [-0.3, -0.25) is 0 Å². The van der Waals surface area contributed by atoms with Crippen molar-refractivity contribution >= 4 is 5.69 Å². The van der Waals surface area contributed by atoms with Crippen LogP contribution in [0.1, 0.15) is 38.2 Å². The summed E-state index contributed by atoms with van der Waals surface area (Å²) in [5.41, 5.74) is 3.16. The topological polar surface area (TPSA) is 15.3 Å². The molecule has 3 rings (SSSR count). The summed E-state index contributed by atoms with van der Waals surface area (Å²) in [7, 11) is 0. The lowest BCUT2D eigenvalue weighted by atomic mass is 9.92. The van der Waals surface area contributed by atoms with Gasteiger partial charge in [-0.2, -0.15) is 0 Å². The summed E-state index contributed by atoms with van der Waals surface area (Å²) in [5, 5.41) is 3.82. The van der Waals surface area contributed by atoms with Gasteiger partial charge in [0.25, 0.3) is 0 Å². The van der Waals surface area contributed by atoms with Gasteiger partial charge in [-0.05, 0) is 44.4 Å². The van der Waals surface area contributed by atoms with Gasteiger partial charge >= 0.3 is 0 Å². The van der Waals surface area contributed by atoms with E-state index in [2.05, 4.69) is 48.3 Å². The van der Waals surface area contributed by atoms with E-state index in [-0.39, 0.29) is 0 Å². The van der Waals surface area contributed by atoms with Crippen molar-refractivity contribution in [1.29, 1.82) is 0 Å². The molecule has 1 saturated carbocycles. The Hall–Kier alpha value is -1.02. The molecule has 1 atom stereocenters. The predicted octanol–water partition coefficient (Wildman–Crippen LogP) is 3.11. The van der Waals surface area contributed by atoms with Crippen molar-refractivity contribution in [3.63, 3.8) is 0 Å². The minimum Gasteiger partial charge on any atom is -0.366 e. The quantitative estimate of drug-likeness (QED) is 0.816. The van der Waals surface area contributed by atoms with E-state index in [1.807, 2.05) is 0 Å². The van der Waals surface area contributed by atoms with Crippen molar-refractivity contribution in [2.75, 3.05) is 18.0 Å². The molecule has 1 spiro atoms. The first kappa shape index (κ1) is 12.0. The van der Waals surface area contributed by atoms with Gasteiger partial charge in [0.05, 0.1) is 0 Å². The Morgan fingerprint density at radius 3 is 2.78 bits per heavy atom. The minimum absolute atomic E-state index is 0.399. The van der Waals surface area contributed by atoms with E-state index in [0.29, 0.717) is 11.6 Å². The van der Waals surface area contributed by atoms with Crippen LogP contribution in [0, 0.1) is 6.92 Å². The average Bonchev–Trinajstić information content (AvgIpc) is 2.81. The first-order chi connectivity index (χ1) is 8.69. The molecule has 1 aromatic rings. The summed E-state index contributed by atoms with van der Waals surface area (Å²) in [4.78, 5) is 2.61. The van der Waals surface area contributed by atoms with Crippen LogP contribution >= 0.6 is 0 Å². The van der Waals surface area contributed by atoms with E-state index >= 15 is 0 Å². The Morgan fingerprint density at radius 1 is 1.28 bits per heavy atom. The van der Waals surface area contributed by atoms with Gasteiger partial charge in [0.15, 0.2) is 0 Å². The lowest BCUT2D eigenvalue weighted by molar-refractivity contribution is 0.276. The van der Waals surface area contributed by atoms with Gasteiger partial charge in [0, 0.05) is 30.4 Å². The first-order valence-corrected chi connectivity index (χ1v) is 7.27. The van der Waals surface area contributed by atoms with Crippen LogP contribution in [0.25, 0.3) is 0 Å². The molecular weight excluding hydrogens is 220 g/mol. The highest BCUT2D eigenvalue weighted by molar-refractivity contribution is 5.50. The zero-order valence-corrected chi connectivity index (χ0v) is 11.6. The van der Waals surface area contributed by atoms with Crippen LogP contribution < -0.4 is 10.2 Å². The van der Waals surface area contributed by atoms with Gasteiger partial charge in [0.2, 0.25) is 0 Å². The highest BCUT2D eigenvalue weighted by atomic mass is 15.3. The number of hydrogen-bond donors (Lipinski definition) is 1. The molecule has 1 aromatic carbocycles. The fraction of sp³-hybridized carbons (Fsp3) is 0.625. The van der Waals surface area contributed by atoms with Crippen LogP contribution in [0.15, 0.2) is 24.3 Å². The molecule has 0 bridgehead atoms. The predicted molar refractivity (Wildman–Crippen MR) is 77.2 cm³/mol. The number of nitrogens with one attached hydrogen (secondary N) is 1. The third-order valence-corrected chi connectivity index (χ3v) is 4.67. The number of rotatable bonds is 1. The minimum atomic E-state index is 0.399. The Bertz CT molecular complexity index is 421. The van der Waals surface area contributed by atoms with Gasteiger partial charge in [0.1, 0.15) is 0 Å². The Labute approximate surface area is 110 Å². The molecule has 0 radical (unpaired) electrons. The fourth-order valence-electron chi connectivity index (χ4n) is 3.55. The molecule has 1 aliphatic carbocycles. The van der Waals surface area contributed by atoms with E-state index < -0.39 is 0 Å². The summed E-state index contributed by atoms with van der Waals surface area (Å²) in [6, 6.07) is 9.54. The Kier molecular flexibility index (Phi) is 3.06. The van der Waals surface area contributed by atoms with E-state index in [9.17, 15) is 0 Å². The van der Waals surface area contributed by atoms with Crippen LogP contribution in [0.5, 0.6) is 0 Å². The van der Waals surface area contributed by atoms with Crippen molar-refractivity contribution in [2.24, 2.45) is 0 Å². The molecular formula is C16H24N2. The maximum atomic E-state index is 3.82. The van der Waals surface area contributed by atoms with Crippen molar-refractivity contribution < 1.29 is 0 Å². The van der Waals surface area contributed by atoms with Crippen LogP contribution in [-0.4, -0.2) is 24.7 Å². The Balaban J connectivity index is 1.85. The molecule has 2 nitrogen and oxygen atoms in total. The smallest absolute Gasteiger partial charge is 0.0387 e. The van der Waals surface area contributed by atoms with Crippen molar-refractivity contribution in [3.8, 4) is 0 Å². The third kappa shape index (κ3) is 2.14. The van der Waals surface area contributed by atoms with Crippen molar-refractivity contribution in [1.82, 2.24) is 5.32 Å². The molecule has 1 saturated heterocycles. The Morgan fingerprint density at radius 2 is 2.06 bits per heavy atom. The lowest BCUT2D eigenvalue weighted by Gasteiger charge is -2.46. The zero-order chi connectivity index (χ0) is 12.6. The number of aryl methyl sites for hydroxylation is 1. The van der Waals surface area contributed by atoms with E-state index in [1.165, 1.54) is 43.5 Å². The highest BCUT2D eigenvalue weighted by Gasteiger charge is 2.39. The molecule has 0 aromatic heterocycles. The summed E-state index contributed by atoms with van der Waals surface area (Å²) in [6.45, 7) is 6.81. The van der Waals surface area contributed by atoms with Gasteiger partial charge in [-0.25, -0.2) is 0 Å². The van der Waals surface area contributed by atoms with Crippen molar-refractivity contribution in [3.05, 3.63) is 29.8 Å². The number of hydrogen-bond acceptors (Lipinski definition) is 2. The fourth-order valence-corrected chi connectivity index (χ4v) is 3.55. The molecule has 18 heavy (non-hydrogen) atoms. The standard InChI is InChI=1S/C16H24N2/c1-13-6-5-7-15(10-13)18-12-16(8-3-4-9-16)17-11-14(18)2/h5-7,10,14,17H,3-4,8-9,11-12H2,1-2H3. The molecule has 1 heterocycles. The average molecular weight is 244 g/mol. The normalized spacial score (nSPS) is 26.8. The highest BCUT2D eigenvalue weighted by Crippen LogP contribution is 2.35. The van der Waals surface area contributed by atoms with Crippen LogP contribution in [0.3, 0.4) is 0 Å². The molecule has 2 aliphatic rings. The molecule has 2 heteroatoms. The van der Waals surface area contributed by atoms with Gasteiger partial charge in [-0.15, -0.1) is 0 Å². The van der Waals surface area contributed by atoms with E-state index in [0.717, 1.165) is 6.54 Å². The number of nitrogens with zero attached hydrogens (tertiary/aromatic N) is 1. The number of anilines is 1. The van der Waals surface area contributed by atoms with E-state index in [1.54, 1.807) is 0 Å². The van der Waals surface area contributed by atoms with E-state index in [4.69, 9.17) is 0 Å². The first-order valence-electron chi connectivity index (χ1n) is 7.27. The van der Waals surface area contributed by atoms with Gasteiger partial charge in [-0.1, -0.05) is 25.0 Å². The summed E-state index contributed by atoms with van der Waals surface area (Å²) < 4.78 is 0. The molecule has 1 N–H and O–H groups in total. The summed E-state index contributed by atoms with van der Waals surface area (Å²) in [5.74, 6) is 0. The van der Waals surface area contributed by atoms with Crippen molar-refractivity contribution in [2.45, 2.75) is 51.1 Å². The summed E-state index contributed by atoms with van der Waals surface area (Å²) >= 11 is 0. The number of benzene rings is 1. The van der Waals surface area contributed by atoms with Crippen LogP contribution in [-0.2, 0) is 0 Å². The lowest BCUT2D eigenvalue weighted by Crippen LogP contribution is -2.62. The molecule has 1 unspecified atom stereocenters. The molecule has 2 fully saturated rings. The second-order valence-electron chi connectivity index (χ2n) is 6.18. The monoisotopic (exact) mass is 244 g/mol. The molecule has 98 valence electrons. The van der Waals surface area contributed by atoms with Gasteiger partial charge < -0.3 is 10.2 Å². The SMILES string of the molecule is Cc1cccc(N2CC3(CCCC3)NCC2C)c1. The second kappa shape index (κ2) is 4.58. The molecule has 0 amide bonds. The maximum Gasteiger partial charge on any atom is 0.0387 e. The third-order valence-electron chi connectivity index (χ3n) is 4.67. The molecule has 1 aliphatic heterocycles. The maximum absolute atomic E-state index is 3.82. The second-order valence-corrected chi connectivity index (χ2v) is 6.18. The van der Waals surface area contributed by atoms with Crippen LogP contribution in [0.2, 0.25) is 0 Å².